The summed E-state index contributed by atoms with van der Waals surface area (Å²) in [7, 11) is 0. The van der Waals surface area contributed by atoms with Crippen molar-refractivity contribution in [2.24, 2.45) is 0 Å². The third-order valence-corrected chi connectivity index (χ3v) is 2.92. The molecule has 0 unspecified atom stereocenters. The first-order valence-corrected chi connectivity index (χ1v) is 5.77. The SMILES string of the molecule is CC(=O)O[C@H]1[C@H](CO)OC[C@@H]1n1ccc(N)nc1=O. The summed E-state index contributed by atoms with van der Waals surface area (Å²) in [6.07, 6.45) is 0.0820. The molecule has 8 heteroatoms. The lowest BCUT2D eigenvalue weighted by atomic mass is 10.1. The van der Waals surface area contributed by atoms with E-state index in [2.05, 4.69) is 4.98 Å². The van der Waals surface area contributed by atoms with E-state index < -0.39 is 29.9 Å². The van der Waals surface area contributed by atoms with E-state index in [0.29, 0.717) is 0 Å². The van der Waals surface area contributed by atoms with Crippen LogP contribution in [-0.4, -0.2) is 46.0 Å². The molecule has 2 heterocycles. The van der Waals surface area contributed by atoms with Crippen LogP contribution in [0.2, 0.25) is 0 Å². The average Bonchev–Trinajstić information content (AvgIpc) is 2.71. The number of nitrogen functional groups attached to an aromatic ring is 1. The van der Waals surface area contributed by atoms with Crippen molar-refractivity contribution in [2.75, 3.05) is 18.9 Å². The molecule has 1 aliphatic rings. The molecule has 0 bridgehead atoms. The van der Waals surface area contributed by atoms with E-state index in [1.54, 1.807) is 0 Å². The number of hydrogen-bond donors (Lipinski definition) is 2. The first-order valence-electron chi connectivity index (χ1n) is 5.77. The van der Waals surface area contributed by atoms with Gasteiger partial charge in [-0.15, -0.1) is 0 Å². The van der Waals surface area contributed by atoms with Gasteiger partial charge < -0.3 is 20.3 Å². The molecule has 0 aromatic carbocycles. The van der Waals surface area contributed by atoms with Crippen molar-refractivity contribution in [3.8, 4) is 0 Å². The highest BCUT2D eigenvalue weighted by Gasteiger charge is 2.41. The predicted octanol–water partition coefficient (Wildman–Crippen LogP) is -1.31. The molecular weight excluding hydrogens is 254 g/mol. The maximum atomic E-state index is 11.8. The van der Waals surface area contributed by atoms with Crippen molar-refractivity contribution >= 4 is 11.8 Å². The summed E-state index contributed by atoms with van der Waals surface area (Å²) in [5.74, 6) is -0.390. The standard InChI is InChI=1S/C11H15N3O5/c1-6(16)19-10-7(5-18-8(10)4-15)14-3-2-9(12)13-11(14)17/h2-3,7-8,10,15H,4-5H2,1H3,(H2,12,13,17)/t7-,8-,10+/m0/s1. The number of nitrogens with zero attached hydrogens (tertiary/aromatic N) is 2. The zero-order valence-corrected chi connectivity index (χ0v) is 10.4. The summed E-state index contributed by atoms with van der Waals surface area (Å²) < 4.78 is 11.7. The Morgan fingerprint density at radius 3 is 3.05 bits per heavy atom. The van der Waals surface area contributed by atoms with Gasteiger partial charge in [0.1, 0.15) is 18.0 Å². The molecule has 3 atom stereocenters. The summed E-state index contributed by atoms with van der Waals surface area (Å²) in [4.78, 5) is 26.5. The Balaban J connectivity index is 2.31. The van der Waals surface area contributed by atoms with Gasteiger partial charge in [-0.3, -0.25) is 9.36 Å². The van der Waals surface area contributed by atoms with Gasteiger partial charge in [-0.2, -0.15) is 4.98 Å². The molecule has 1 aliphatic heterocycles. The van der Waals surface area contributed by atoms with Gasteiger partial charge in [0.2, 0.25) is 0 Å². The number of nitrogens with two attached hydrogens (primary N) is 1. The van der Waals surface area contributed by atoms with E-state index in [0.717, 1.165) is 0 Å². The zero-order chi connectivity index (χ0) is 14.0. The van der Waals surface area contributed by atoms with Gasteiger partial charge in [0.25, 0.3) is 0 Å². The number of aliphatic hydroxyl groups is 1. The number of carbonyl (C=O) groups excluding carboxylic acids is 1. The lowest BCUT2D eigenvalue weighted by Gasteiger charge is -2.22. The Morgan fingerprint density at radius 1 is 1.74 bits per heavy atom. The number of rotatable bonds is 3. The van der Waals surface area contributed by atoms with Crippen LogP contribution in [0.15, 0.2) is 17.1 Å². The Labute approximate surface area is 108 Å². The van der Waals surface area contributed by atoms with Crippen LogP contribution in [0.1, 0.15) is 13.0 Å². The smallest absolute Gasteiger partial charge is 0.349 e. The molecule has 1 fully saturated rings. The Hall–Kier alpha value is -1.93. The predicted molar refractivity (Wildman–Crippen MR) is 64.3 cm³/mol. The minimum atomic E-state index is -0.731. The largest absolute Gasteiger partial charge is 0.457 e. The third kappa shape index (κ3) is 2.74. The molecule has 8 nitrogen and oxygen atoms in total. The normalized spacial score (nSPS) is 26.3. The van der Waals surface area contributed by atoms with Crippen molar-refractivity contribution in [1.82, 2.24) is 9.55 Å². The van der Waals surface area contributed by atoms with E-state index >= 15 is 0 Å². The molecule has 0 amide bonds. The van der Waals surface area contributed by atoms with Gasteiger partial charge in [-0.1, -0.05) is 0 Å². The zero-order valence-electron chi connectivity index (χ0n) is 10.4. The Kier molecular flexibility index (Phi) is 3.82. The number of esters is 1. The Morgan fingerprint density at radius 2 is 2.47 bits per heavy atom. The minimum absolute atomic E-state index is 0.114. The van der Waals surface area contributed by atoms with Crippen LogP contribution in [-0.2, 0) is 14.3 Å². The van der Waals surface area contributed by atoms with Crippen LogP contribution in [0.4, 0.5) is 5.82 Å². The highest BCUT2D eigenvalue weighted by atomic mass is 16.6. The van der Waals surface area contributed by atoms with Crippen LogP contribution in [0, 0.1) is 0 Å². The van der Waals surface area contributed by atoms with Crippen molar-refractivity contribution in [2.45, 2.75) is 25.2 Å². The molecule has 0 aliphatic carbocycles. The summed E-state index contributed by atoms with van der Waals surface area (Å²) in [6, 6.07) is 0.944. The molecule has 0 spiro atoms. The van der Waals surface area contributed by atoms with E-state index in [4.69, 9.17) is 15.2 Å². The molecule has 1 aromatic rings. The second-order valence-corrected chi connectivity index (χ2v) is 4.24. The van der Waals surface area contributed by atoms with Gasteiger partial charge in [0.05, 0.1) is 13.2 Å². The maximum Gasteiger partial charge on any atom is 0.349 e. The summed E-state index contributed by atoms with van der Waals surface area (Å²) >= 11 is 0. The molecular formula is C11H15N3O5. The number of aliphatic hydroxyl groups excluding tert-OH is 1. The van der Waals surface area contributed by atoms with Crippen molar-refractivity contribution in [1.29, 1.82) is 0 Å². The number of aromatic nitrogens is 2. The van der Waals surface area contributed by atoms with Crippen LogP contribution in [0.5, 0.6) is 0 Å². The second-order valence-electron chi connectivity index (χ2n) is 4.24. The molecule has 1 aromatic heterocycles. The fraction of sp³-hybridized carbons (Fsp3) is 0.545. The number of anilines is 1. The molecule has 0 saturated carbocycles. The van der Waals surface area contributed by atoms with Crippen LogP contribution in [0.25, 0.3) is 0 Å². The average molecular weight is 269 g/mol. The Bertz CT molecular complexity index is 529. The van der Waals surface area contributed by atoms with Crippen molar-refractivity contribution in [3.63, 3.8) is 0 Å². The summed E-state index contributed by atoms with van der Waals surface area (Å²) in [6.45, 7) is 1.11. The third-order valence-electron chi connectivity index (χ3n) is 2.92. The van der Waals surface area contributed by atoms with Gasteiger partial charge in [-0.25, -0.2) is 4.79 Å². The minimum Gasteiger partial charge on any atom is -0.457 e. The monoisotopic (exact) mass is 269 g/mol. The van der Waals surface area contributed by atoms with Crippen molar-refractivity contribution < 1.29 is 19.4 Å². The van der Waals surface area contributed by atoms with Crippen LogP contribution < -0.4 is 11.4 Å². The van der Waals surface area contributed by atoms with Gasteiger partial charge in [0, 0.05) is 13.1 Å². The molecule has 104 valence electrons. The molecule has 19 heavy (non-hydrogen) atoms. The molecule has 0 radical (unpaired) electrons. The highest BCUT2D eigenvalue weighted by molar-refractivity contribution is 5.66. The van der Waals surface area contributed by atoms with Crippen molar-refractivity contribution in [3.05, 3.63) is 22.7 Å². The lowest BCUT2D eigenvalue weighted by molar-refractivity contribution is -0.151. The lowest BCUT2D eigenvalue weighted by Crippen LogP contribution is -2.39. The fourth-order valence-corrected chi connectivity index (χ4v) is 2.08. The first-order chi connectivity index (χ1) is 9.02. The fourth-order valence-electron chi connectivity index (χ4n) is 2.08. The van der Waals surface area contributed by atoms with Gasteiger partial charge in [0.15, 0.2) is 6.10 Å². The maximum absolute atomic E-state index is 11.8. The number of carbonyl (C=O) groups is 1. The molecule has 2 rings (SSSR count). The first kappa shape index (κ1) is 13.5. The van der Waals surface area contributed by atoms with E-state index in [1.807, 2.05) is 0 Å². The quantitative estimate of drug-likeness (QED) is 0.654. The van der Waals surface area contributed by atoms with Crippen LogP contribution >= 0.6 is 0 Å². The summed E-state index contributed by atoms with van der Waals surface area (Å²) in [5, 5.41) is 9.19. The number of hydrogen-bond acceptors (Lipinski definition) is 7. The van der Waals surface area contributed by atoms with Crippen LogP contribution in [0.3, 0.4) is 0 Å². The highest BCUT2D eigenvalue weighted by Crippen LogP contribution is 2.26. The molecule has 1 saturated heterocycles. The topological polar surface area (TPSA) is 117 Å². The van der Waals surface area contributed by atoms with E-state index in [9.17, 15) is 14.7 Å². The van der Waals surface area contributed by atoms with E-state index in [1.165, 1.54) is 23.8 Å². The van der Waals surface area contributed by atoms with Gasteiger partial charge >= 0.3 is 11.7 Å². The summed E-state index contributed by atoms with van der Waals surface area (Å²) in [5.41, 5.74) is 4.86. The van der Waals surface area contributed by atoms with Gasteiger partial charge in [-0.05, 0) is 6.07 Å². The molecule has 3 N–H and O–H groups in total. The van der Waals surface area contributed by atoms with E-state index in [-0.39, 0.29) is 19.0 Å². The number of ether oxygens (including phenoxy) is 2. The second kappa shape index (κ2) is 5.37.